The Bertz CT molecular complexity index is 1560. The van der Waals surface area contributed by atoms with Crippen LogP contribution in [-0.2, 0) is 30.5 Å². The Hall–Kier alpha value is -3.46. The molecule has 4 aliphatic carbocycles. The van der Waals surface area contributed by atoms with E-state index in [1.54, 1.807) is 4.90 Å². The minimum absolute atomic E-state index is 0.00151. The predicted molar refractivity (Wildman–Crippen MR) is 205 cm³/mol. The van der Waals surface area contributed by atoms with Crippen LogP contribution in [0.3, 0.4) is 0 Å². The number of rotatable bonds is 14. The third kappa shape index (κ3) is 9.26. The minimum Gasteiger partial charge on any atom is -0.480 e. The van der Waals surface area contributed by atoms with E-state index >= 15 is 0 Å². The van der Waals surface area contributed by atoms with E-state index in [-0.39, 0.29) is 36.6 Å². The van der Waals surface area contributed by atoms with Crippen molar-refractivity contribution < 1.29 is 29.0 Å². The van der Waals surface area contributed by atoms with Crippen LogP contribution in [0.1, 0.15) is 134 Å². The first-order chi connectivity index (χ1) is 25.8. The number of carboxylic acid groups (broad SMARTS) is 1. The Morgan fingerprint density at radius 2 is 1.40 bits per heavy atom. The highest BCUT2D eigenvalue weighted by Gasteiger charge is 2.54. The molecule has 3 amide bonds. The molecule has 0 spiro atoms. The highest BCUT2D eigenvalue weighted by molar-refractivity contribution is 5.96. The zero-order valence-corrected chi connectivity index (χ0v) is 31.6. The molecule has 3 N–H and O–H groups in total. The van der Waals surface area contributed by atoms with Crippen molar-refractivity contribution in [3.63, 3.8) is 0 Å². The summed E-state index contributed by atoms with van der Waals surface area (Å²) in [6, 6.07) is 12.7. The van der Waals surface area contributed by atoms with Crippen LogP contribution in [0.25, 0.3) is 10.8 Å². The number of carboxylic acids is 1. The summed E-state index contributed by atoms with van der Waals surface area (Å²) in [7, 11) is 0. The standard InChI is InChI=1S/C44H61N3O6/c48-40(35(25-30-13-4-1-5-14-30)26-31-15-6-2-7-16-31)45-39(33-18-8-3-9-19-33)42(50)47-28-36(27-38(47)41(49)46-44(23-24-44)43(51)52)53-29-34-21-12-20-32-17-10-11-22-37(32)34/h10-12,17,20-22,30-31,33,35-36,38-39H,1-9,13-16,18-19,23-29H2,(H,45,48)(H,46,49)(H,51,52)/t36-,38+,39+/m1/s1. The molecule has 9 nitrogen and oxygen atoms in total. The lowest BCUT2D eigenvalue weighted by atomic mass is 9.76. The fourth-order valence-electron chi connectivity index (χ4n) is 10.1. The van der Waals surface area contributed by atoms with Gasteiger partial charge in [0.15, 0.2) is 0 Å². The predicted octanol–water partition coefficient (Wildman–Crippen LogP) is 7.68. The quantitative estimate of drug-likeness (QED) is 0.183. The number of nitrogens with zero attached hydrogens (tertiary/aromatic N) is 1. The Morgan fingerprint density at radius 3 is 2.02 bits per heavy atom. The number of carbonyl (C=O) groups is 4. The summed E-state index contributed by atoms with van der Waals surface area (Å²) in [6.45, 7) is 0.544. The maximum Gasteiger partial charge on any atom is 0.329 e. The van der Waals surface area contributed by atoms with Crippen LogP contribution < -0.4 is 10.6 Å². The topological polar surface area (TPSA) is 125 Å². The van der Waals surface area contributed by atoms with Gasteiger partial charge in [-0.15, -0.1) is 0 Å². The first-order valence-electron chi connectivity index (χ1n) is 21.0. The number of likely N-dealkylation sites (tertiary alicyclic amines) is 1. The highest BCUT2D eigenvalue weighted by Crippen LogP contribution is 2.38. The molecule has 9 heteroatoms. The third-order valence-corrected chi connectivity index (χ3v) is 13.5. The van der Waals surface area contributed by atoms with Crippen LogP contribution in [0.5, 0.6) is 0 Å². The number of hydrogen-bond donors (Lipinski definition) is 3. The molecule has 53 heavy (non-hydrogen) atoms. The third-order valence-electron chi connectivity index (χ3n) is 13.5. The molecule has 2 aromatic carbocycles. The van der Waals surface area contributed by atoms with Gasteiger partial charge < -0.3 is 25.4 Å². The molecule has 0 bridgehead atoms. The van der Waals surface area contributed by atoms with Crippen molar-refractivity contribution >= 4 is 34.5 Å². The zero-order valence-electron chi connectivity index (χ0n) is 31.6. The number of nitrogens with one attached hydrogen (secondary N) is 2. The second-order valence-corrected chi connectivity index (χ2v) is 17.3. The largest absolute Gasteiger partial charge is 0.480 e. The molecule has 1 aliphatic heterocycles. The number of fused-ring (bicyclic) bond motifs is 1. The smallest absolute Gasteiger partial charge is 0.329 e. The summed E-state index contributed by atoms with van der Waals surface area (Å²) in [5, 5.41) is 18.3. The molecular formula is C44H61N3O6. The molecule has 5 fully saturated rings. The summed E-state index contributed by atoms with van der Waals surface area (Å²) >= 11 is 0. The van der Waals surface area contributed by atoms with Gasteiger partial charge in [-0.05, 0) is 72.6 Å². The van der Waals surface area contributed by atoms with E-state index in [4.69, 9.17) is 4.74 Å². The Labute approximate surface area is 315 Å². The second kappa shape index (κ2) is 17.3. The van der Waals surface area contributed by atoms with Gasteiger partial charge >= 0.3 is 5.97 Å². The number of aliphatic carboxylic acids is 1. The number of benzene rings is 2. The van der Waals surface area contributed by atoms with Gasteiger partial charge in [-0.3, -0.25) is 14.4 Å². The van der Waals surface area contributed by atoms with Gasteiger partial charge in [0, 0.05) is 18.9 Å². The summed E-state index contributed by atoms with van der Waals surface area (Å²) in [5.41, 5.74) is -0.234. The number of carbonyl (C=O) groups excluding carboxylic acids is 3. The van der Waals surface area contributed by atoms with Crippen LogP contribution in [0.15, 0.2) is 42.5 Å². The SMILES string of the molecule is O=C(N[C@H](C(=O)N1C[C@H](OCc2cccc3ccccc23)C[C@H]1C(=O)NC1(C(=O)O)CC1)C1CCCCC1)C(CC1CCCCC1)CC1CCCCC1. The molecule has 288 valence electrons. The molecule has 0 unspecified atom stereocenters. The van der Waals surface area contributed by atoms with Gasteiger partial charge in [0.1, 0.15) is 17.6 Å². The Morgan fingerprint density at radius 1 is 0.792 bits per heavy atom. The molecule has 7 rings (SSSR count). The fourth-order valence-corrected chi connectivity index (χ4v) is 10.1. The highest BCUT2D eigenvalue weighted by atomic mass is 16.5. The first kappa shape index (κ1) is 37.8. The van der Waals surface area contributed by atoms with Gasteiger partial charge in [0.05, 0.1) is 12.7 Å². The Balaban J connectivity index is 1.12. The summed E-state index contributed by atoms with van der Waals surface area (Å²) in [4.78, 5) is 57.2. The van der Waals surface area contributed by atoms with E-state index in [0.29, 0.717) is 31.3 Å². The molecular weight excluding hydrogens is 666 g/mol. The number of ether oxygens (including phenoxy) is 1. The van der Waals surface area contributed by atoms with Gasteiger partial charge in [0.2, 0.25) is 17.7 Å². The van der Waals surface area contributed by atoms with Gasteiger partial charge in [-0.1, -0.05) is 126 Å². The lowest BCUT2D eigenvalue weighted by Gasteiger charge is -2.36. The average molecular weight is 728 g/mol. The molecule has 0 aromatic heterocycles. The number of amides is 3. The molecule has 1 saturated heterocycles. The molecule has 1 heterocycles. The van der Waals surface area contributed by atoms with Crippen molar-refractivity contribution in [2.75, 3.05) is 6.54 Å². The van der Waals surface area contributed by atoms with Crippen molar-refractivity contribution in [3.8, 4) is 0 Å². The fraction of sp³-hybridized carbons (Fsp3) is 0.682. The van der Waals surface area contributed by atoms with E-state index in [1.165, 1.54) is 64.2 Å². The van der Waals surface area contributed by atoms with E-state index in [0.717, 1.165) is 61.3 Å². The average Bonchev–Trinajstić information content (AvgIpc) is 3.85. The van der Waals surface area contributed by atoms with Crippen LogP contribution >= 0.6 is 0 Å². The molecule has 3 atom stereocenters. The van der Waals surface area contributed by atoms with E-state index in [2.05, 4.69) is 28.8 Å². The summed E-state index contributed by atoms with van der Waals surface area (Å²) in [5.74, 6) is -0.703. The van der Waals surface area contributed by atoms with Gasteiger partial charge in [-0.2, -0.15) is 0 Å². The van der Waals surface area contributed by atoms with Gasteiger partial charge in [-0.25, -0.2) is 4.79 Å². The van der Waals surface area contributed by atoms with E-state index in [1.807, 2.05) is 24.3 Å². The van der Waals surface area contributed by atoms with Crippen molar-refractivity contribution in [1.29, 1.82) is 0 Å². The van der Waals surface area contributed by atoms with Crippen molar-refractivity contribution in [2.45, 2.75) is 159 Å². The number of hydrogen-bond acceptors (Lipinski definition) is 5. The monoisotopic (exact) mass is 727 g/mol. The van der Waals surface area contributed by atoms with Crippen LogP contribution in [0.4, 0.5) is 0 Å². The molecule has 0 radical (unpaired) electrons. The summed E-state index contributed by atoms with van der Waals surface area (Å²) < 4.78 is 6.49. The lowest BCUT2D eigenvalue weighted by molar-refractivity contribution is -0.146. The first-order valence-corrected chi connectivity index (χ1v) is 21.0. The Kier molecular flexibility index (Phi) is 12.4. The molecule has 4 saturated carbocycles. The van der Waals surface area contributed by atoms with Crippen molar-refractivity contribution in [2.24, 2.45) is 23.7 Å². The maximum absolute atomic E-state index is 15.0. The molecule has 2 aromatic rings. The van der Waals surface area contributed by atoms with E-state index in [9.17, 15) is 24.3 Å². The van der Waals surface area contributed by atoms with Crippen LogP contribution in [0, 0.1) is 23.7 Å². The normalized spacial score (nSPS) is 24.6. The van der Waals surface area contributed by atoms with Crippen LogP contribution in [0.2, 0.25) is 0 Å². The lowest BCUT2D eigenvalue weighted by Crippen LogP contribution is -2.58. The molecule has 5 aliphatic rings. The van der Waals surface area contributed by atoms with Crippen LogP contribution in [-0.4, -0.2) is 64.0 Å². The van der Waals surface area contributed by atoms with Crippen molar-refractivity contribution in [3.05, 3.63) is 48.0 Å². The maximum atomic E-state index is 15.0. The summed E-state index contributed by atoms with van der Waals surface area (Å²) in [6.07, 6.45) is 19.5. The minimum atomic E-state index is -1.27. The zero-order chi connectivity index (χ0) is 36.8. The van der Waals surface area contributed by atoms with Crippen molar-refractivity contribution in [1.82, 2.24) is 15.5 Å². The second-order valence-electron chi connectivity index (χ2n) is 17.3. The van der Waals surface area contributed by atoms with E-state index < -0.39 is 35.6 Å². The van der Waals surface area contributed by atoms with Gasteiger partial charge in [0.25, 0.3) is 0 Å².